The van der Waals surface area contributed by atoms with E-state index in [2.05, 4.69) is 5.32 Å². The van der Waals surface area contributed by atoms with Crippen molar-refractivity contribution in [1.82, 2.24) is 0 Å². The summed E-state index contributed by atoms with van der Waals surface area (Å²) in [6, 6.07) is 10.0. The zero-order chi connectivity index (χ0) is 22.6. The van der Waals surface area contributed by atoms with Crippen LogP contribution in [0.1, 0.15) is 6.42 Å². The first-order valence-corrected chi connectivity index (χ1v) is 10.3. The summed E-state index contributed by atoms with van der Waals surface area (Å²) in [5.74, 6) is -2.95. The summed E-state index contributed by atoms with van der Waals surface area (Å²) in [5, 5.41) is 2.79. The highest BCUT2D eigenvalue weighted by Gasteiger charge is 2.49. The molecule has 0 radical (unpaired) electrons. The summed E-state index contributed by atoms with van der Waals surface area (Å²) < 4.78 is 45.8. The van der Waals surface area contributed by atoms with Gasteiger partial charge in [-0.1, -0.05) is 35.9 Å². The van der Waals surface area contributed by atoms with E-state index in [-0.39, 0.29) is 17.1 Å². The van der Waals surface area contributed by atoms with E-state index < -0.39 is 43.0 Å². The number of carbonyl (C=O) groups is 3. The second kappa shape index (κ2) is 9.61. The van der Waals surface area contributed by atoms with Crippen LogP contribution in [0.2, 0.25) is 5.02 Å². The minimum atomic E-state index is -4.87. The van der Waals surface area contributed by atoms with Gasteiger partial charge in [0.1, 0.15) is 6.04 Å². The Bertz CT molecular complexity index is 1000. The Labute approximate surface area is 184 Å². The SMILES string of the molecule is O=C1CC(C(F)(F)F)N(C(=O)COC(=O)CSc2ccccc2Cl)c2ccccc2N1. The molecule has 6 nitrogen and oxygen atoms in total. The Balaban J connectivity index is 1.72. The second-order valence-corrected chi connectivity index (χ2v) is 7.89. The summed E-state index contributed by atoms with van der Waals surface area (Å²) in [7, 11) is 0. The molecule has 2 aromatic carbocycles. The van der Waals surface area contributed by atoms with Gasteiger partial charge in [0.15, 0.2) is 6.61 Å². The minimum Gasteiger partial charge on any atom is -0.455 e. The summed E-state index contributed by atoms with van der Waals surface area (Å²) >= 11 is 7.07. The molecule has 31 heavy (non-hydrogen) atoms. The number of nitrogens with one attached hydrogen (secondary N) is 1. The number of hydrogen-bond acceptors (Lipinski definition) is 5. The summed E-state index contributed by atoms with van der Waals surface area (Å²) in [6.45, 7) is -0.906. The fourth-order valence-corrected chi connectivity index (χ4v) is 3.98. The van der Waals surface area contributed by atoms with E-state index in [1.807, 2.05) is 0 Å². The smallest absolute Gasteiger partial charge is 0.409 e. The van der Waals surface area contributed by atoms with Crippen LogP contribution in [0.15, 0.2) is 53.4 Å². The van der Waals surface area contributed by atoms with Crippen molar-refractivity contribution < 1.29 is 32.3 Å². The van der Waals surface area contributed by atoms with Crippen LogP contribution >= 0.6 is 23.4 Å². The van der Waals surface area contributed by atoms with Crippen LogP contribution in [-0.4, -0.2) is 42.4 Å². The van der Waals surface area contributed by atoms with Crippen molar-refractivity contribution in [2.24, 2.45) is 0 Å². The molecule has 0 saturated carbocycles. The molecule has 1 unspecified atom stereocenters. The number of hydrogen-bond donors (Lipinski definition) is 1. The number of carbonyl (C=O) groups excluding carboxylic acids is 3. The van der Waals surface area contributed by atoms with Crippen LogP contribution in [0, 0.1) is 0 Å². The number of amides is 2. The van der Waals surface area contributed by atoms with Crippen LogP contribution in [0.5, 0.6) is 0 Å². The topological polar surface area (TPSA) is 75.7 Å². The molecule has 0 bridgehead atoms. The number of nitrogens with zero attached hydrogens (tertiary/aromatic N) is 1. The van der Waals surface area contributed by atoms with E-state index in [9.17, 15) is 27.6 Å². The van der Waals surface area contributed by atoms with Gasteiger partial charge in [0.05, 0.1) is 28.6 Å². The Morgan fingerprint density at radius 2 is 1.84 bits per heavy atom. The normalized spacial score (nSPS) is 16.2. The van der Waals surface area contributed by atoms with Crippen molar-refractivity contribution >= 4 is 52.5 Å². The van der Waals surface area contributed by atoms with Gasteiger partial charge in [0, 0.05) is 4.90 Å². The average molecular weight is 473 g/mol. The van der Waals surface area contributed by atoms with Gasteiger partial charge in [-0.3, -0.25) is 19.3 Å². The molecule has 1 atom stereocenters. The molecule has 2 amide bonds. The predicted octanol–water partition coefficient (Wildman–Crippen LogP) is 4.28. The number of esters is 1. The third-order valence-corrected chi connectivity index (χ3v) is 5.80. The number of anilines is 2. The quantitative estimate of drug-likeness (QED) is 0.519. The molecule has 0 fully saturated rings. The fourth-order valence-electron chi connectivity index (χ4n) is 2.95. The van der Waals surface area contributed by atoms with Gasteiger partial charge in [-0.2, -0.15) is 13.2 Å². The lowest BCUT2D eigenvalue weighted by Crippen LogP contribution is -2.51. The van der Waals surface area contributed by atoms with Crippen molar-refractivity contribution in [1.29, 1.82) is 0 Å². The molecule has 2 aromatic rings. The molecule has 0 spiro atoms. The number of halogens is 4. The molecule has 11 heteroatoms. The van der Waals surface area contributed by atoms with Gasteiger partial charge >= 0.3 is 12.1 Å². The summed E-state index contributed by atoms with van der Waals surface area (Å²) in [4.78, 5) is 37.7. The first-order valence-electron chi connectivity index (χ1n) is 8.97. The van der Waals surface area contributed by atoms with Gasteiger partial charge in [-0.15, -0.1) is 11.8 Å². The maximum atomic E-state index is 13.6. The predicted molar refractivity (Wildman–Crippen MR) is 110 cm³/mol. The molecule has 3 rings (SSSR count). The second-order valence-electron chi connectivity index (χ2n) is 6.47. The van der Waals surface area contributed by atoms with Crippen molar-refractivity contribution in [3.05, 3.63) is 53.6 Å². The number of alkyl halides is 3. The number of rotatable bonds is 5. The van der Waals surface area contributed by atoms with Gasteiger partial charge in [0.25, 0.3) is 5.91 Å². The molecule has 1 N–H and O–H groups in total. The van der Waals surface area contributed by atoms with E-state index >= 15 is 0 Å². The van der Waals surface area contributed by atoms with E-state index in [1.165, 1.54) is 24.3 Å². The molecule has 0 aliphatic carbocycles. The van der Waals surface area contributed by atoms with Gasteiger partial charge in [0.2, 0.25) is 5.91 Å². The average Bonchev–Trinajstić information content (AvgIpc) is 2.87. The molecule has 1 heterocycles. The Kier molecular flexibility index (Phi) is 7.11. The largest absolute Gasteiger partial charge is 0.455 e. The minimum absolute atomic E-state index is 0.0631. The van der Waals surface area contributed by atoms with Gasteiger partial charge in [-0.25, -0.2) is 0 Å². The van der Waals surface area contributed by atoms with Crippen molar-refractivity contribution in [3.63, 3.8) is 0 Å². The number of benzene rings is 2. The lowest BCUT2D eigenvalue weighted by Gasteiger charge is -2.31. The highest BCUT2D eigenvalue weighted by molar-refractivity contribution is 8.00. The maximum absolute atomic E-state index is 13.6. The monoisotopic (exact) mass is 472 g/mol. The van der Waals surface area contributed by atoms with Gasteiger partial charge < -0.3 is 10.1 Å². The van der Waals surface area contributed by atoms with E-state index in [1.54, 1.807) is 24.3 Å². The van der Waals surface area contributed by atoms with Crippen LogP contribution in [0.25, 0.3) is 0 Å². The number of thioether (sulfide) groups is 1. The van der Waals surface area contributed by atoms with E-state index in [4.69, 9.17) is 16.3 Å². The third-order valence-electron chi connectivity index (χ3n) is 4.31. The third kappa shape index (κ3) is 5.71. The highest BCUT2D eigenvalue weighted by atomic mass is 35.5. The van der Waals surface area contributed by atoms with Crippen molar-refractivity contribution in [3.8, 4) is 0 Å². The molecule has 0 saturated heterocycles. The molecule has 0 aromatic heterocycles. The molecular formula is C20H16ClF3N2O4S. The van der Waals surface area contributed by atoms with Crippen LogP contribution in [-0.2, 0) is 19.1 Å². The first kappa shape index (κ1) is 23.0. The summed E-state index contributed by atoms with van der Waals surface area (Å²) in [5.41, 5.74) is -0.0598. The lowest BCUT2D eigenvalue weighted by molar-refractivity contribution is -0.159. The Morgan fingerprint density at radius 3 is 2.55 bits per heavy atom. The fraction of sp³-hybridized carbons (Fsp3) is 0.250. The van der Waals surface area contributed by atoms with E-state index in [0.717, 1.165) is 11.8 Å². The maximum Gasteiger partial charge on any atom is 0.409 e. The first-order chi connectivity index (χ1) is 14.7. The number of fused-ring (bicyclic) bond motifs is 1. The van der Waals surface area contributed by atoms with Crippen molar-refractivity contribution in [2.45, 2.75) is 23.5 Å². The number of para-hydroxylation sites is 2. The van der Waals surface area contributed by atoms with Crippen molar-refractivity contribution in [2.75, 3.05) is 22.6 Å². The highest BCUT2D eigenvalue weighted by Crippen LogP contribution is 2.37. The molecule has 164 valence electrons. The zero-order valence-corrected chi connectivity index (χ0v) is 17.4. The number of ether oxygens (including phenoxy) is 1. The van der Waals surface area contributed by atoms with Gasteiger partial charge in [-0.05, 0) is 24.3 Å². The zero-order valence-electron chi connectivity index (χ0n) is 15.8. The molecule has 1 aliphatic heterocycles. The van der Waals surface area contributed by atoms with Crippen LogP contribution < -0.4 is 10.2 Å². The van der Waals surface area contributed by atoms with Crippen LogP contribution in [0.4, 0.5) is 24.5 Å². The molecular weight excluding hydrogens is 457 g/mol. The summed E-state index contributed by atoms with van der Waals surface area (Å²) in [6.07, 6.45) is -5.84. The van der Waals surface area contributed by atoms with Crippen LogP contribution in [0.3, 0.4) is 0 Å². The molecule has 1 aliphatic rings. The Hall–Kier alpha value is -2.72. The van der Waals surface area contributed by atoms with E-state index in [0.29, 0.717) is 14.8 Å². The lowest BCUT2D eigenvalue weighted by atomic mass is 10.1. The standard InChI is InChI=1S/C20H16ClF3N2O4S/c21-12-5-1-4-8-15(12)31-11-19(29)30-10-18(28)26-14-7-3-2-6-13(14)25-17(27)9-16(26)20(22,23)24/h1-8,16H,9-11H2,(H,25,27). The Morgan fingerprint density at radius 1 is 1.16 bits per heavy atom.